The van der Waals surface area contributed by atoms with Crippen LogP contribution in [0.15, 0.2) is 0 Å². The summed E-state index contributed by atoms with van der Waals surface area (Å²) in [5.41, 5.74) is 0. The van der Waals surface area contributed by atoms with Crippen LogP contribution in [0.25, 0.3) is 0 Å². The van der Waals surface area contributed by atoms with Crippen LogP contribution in [0.5, 0.6) is 0 Å². The molecule has 0 unspecified atom stereocenters. The molecule has 1 fully saturated rings. The number of ether oxygens (including phenoxy) is 3. The summed E-state index contributed by atoms with van der Waals surface area (Å²) in [6.45, 7) is 4.42. The molecule has 1 aliphatic heterocycles. The van der Waals surface area contributed by atoms with Gasteiger partial charge in [-0.25, -0.2) is 0 Å². The molecule has 1 aliphatic rings. The van der Waals surface area contributed by atoms with E-state index < -0.39 is 31.0 Å². The van der Waals surface area contributed by atoms with Crippen molar-refractivity contribution in [1.29, 1.82) is 0 Å². The average Bonchev–Trinajstić information content (AvgIpc) is 3.42. The van der Waals surface area contributed by atoms with Crippen LogP contribution in [-0.4, -0.2) is 57.9 Å². The maximum Gasteiger partial charge on any atom is 0.167 e. The minimum atomic E-state index is -1.04. The maximum absolute atomic E-state index is 10.3. The molecule has 5 nitrogen and oxygen atoms in total. The first-order valence-corrected chi connectivity index (χ1v) is 20.1. The van der Waals surface area contributed by atoms with Gasteiger partial charge in [-0.15, -0.1) is 0 Å². The number of aliphatic hydroxyl groups excluding tert-OH is 2. The van der Waals surface area contributed by atoms with Crippen LogP contribution in [-0.2, 0) is 14.2 Å². The highest BCUT2D eigenvalue weighted by molar-refractivity contribution is 7.80. The Balaban J connectivity index is 2.17. The number of rotatable bonds is 32. The SMILES string of the molecule is CCCCCCCCCCCCCCCC(=S)O[C@H]1[C@@H]([C@H](O)CO)OC[C@@H]1OC(=S)CCCCCCCCCCCCCCC. The topological polar surface area (TPSA) is 68.2 Å². The van der Waals surface area contributed by atoms with Crippen LogP contribution in [0, 0.1) is 0 Å². The third kappa shape index (κ3) is 23.6. The van der Waals surface area contributed by atoms with Crippen LogP contribution >= 0.6 is 24.4 Å². The molecule has 0 radical (unpaired) electrons. The molecule has 2 N–H and O–H groups in total. The van der Waals surface area contributed by atoms with Crippen LogP contribution in [0.4, 0.5) is 0 Å². The van der Waals surface area contributed by atoms with E-state index in [0.29, 0.717) is 16.5 Å². The van der Waals surface area contributed by atoms with Crippen molar-refractivity contribution in [3.8, 4) is 0 Å². The van der Waals surface area contributed by atoms with E-state index in [0.717, 1.165) is 32.1 Å². The van der Waals surface area contributed by atoms with E-state index in [9.17, 15) is 10.2 Å². The van der Waals surface area contributed by atoms with Gasteiger partial charge in [0, 0.05) is 12.8 Å². The van der Waals surface area contributed by atoms with E-state index in [-0.39, 0.29) is 6.61 Å². The smallest absolute Gasteiger partial charge is 0.167 e. The number of unbranched alkanes of at least 4 members (excludes halogenated alkanes) is 24. The molecule has 1 heterocycles. The lowest BCUT2D eigenvalue weighted by atomic mass is 10.0. The zero-order valence-corrected chi connectivity index (χ0v) is 31.1. The van der Waals surface area contributed by atoms with Crippen molar-refractivity contribution in [2.45, 2.75) is 218 Å². The van der Waals surface area contributed by atoms with E-state index >= 15 is 0 Å². The summed E-state index contributed by atoms with van der Waals surface area (Å²) in [7, 11) is 0. The first-order chi connectivity index (χ1) is 22.0. The van der Waals surface area contributed by atoms with E-state index in [4.69, 9.17) is 38.6 Å². The van der Waals surface area contributed by atoms with Crippen molar-refractivity contribution >= 4 is 34.5 Å². The van der Waals surface area contributed by atoms with Crippen LogP contribution in [0.1, 0.15) is 194 Å². The van der Waals surface area contributed by atoms with Crippen LogP contribution < -0.4 is 0 Å². The average molecular weight is 673 g/mol. The van der Waals surface area contributed by atoms with Gasteiger partial charge >= 0.3 is 0 Å². The van der Waals surface area contributed by atoms with Gasteiger partial charge in [0.1, 0.15) is 12.2 Å². The zero-order chi connectivity index (χ0) is 32.8. The second kappa shape index (κ2) is 31.0. The molecular weight excluding hydrogens is 601 g/mol. The molecule has 0 spiro atoms. The predicted molar refractivity (Wildman–Crippen MR) is 198 cm³/mol. The number of aliphatic hydroxyl groups is 2. The van der Waals surface area contributed by atoms with Crippen molar-refractivity contribution in [3.05, 3.63) is 0 Å². The third-order valence-corrected chi connectivity index (χ3v) is 9.83. The minimum absolute atomic E-state index is 0.270. The lowest BCUT2D eigenvalue weighted by molar-refractivity contribution is -0.0639. The van der Waals surface area contributed by atoms with E-state index in [2.05, 4.69) is 13.8 Å². The molecule has 1 saturated heterocycles. The molecule has 0 aromatic carbocycles. The maximum atomic E-state index is 10.3. The Morgan fingerprint density at radius 1 is 0.578 bits per heavy atom. The summed E-state index contributed by atoms with van der Waals surface area (Å²) in [4.78, 5) is 0. The van der Waals surface area contributed by atoms with Gasteiger partial charge in [-0.3, -0.25) is 0 Å². The van der Waals surface area contributed by atoms with Crippen molar-refractivity contribution < 1.29 is 24.4 Å². The van der Waals surface area contributed by atoms with Gasteiger partial charge in [0.2, 0.25) is 0 Å². The summed E-state index contributed by atoms with van der Waals surface area (Å²) >= 11 is 11.1. The molecule has 0 amide bonds. The highest BCUT2D eigenvalue weighted by Gasteiger charge is 2.45. The third-order valence-electron chi connectivity index (χ3n) is 9.23. The molecule has 45 heavy (non-hydrogen) atoms. The summed E-state index contributed by atoms with van der Waals surface area (Å²) in [6, 6.07) is 0. The van der Waals surface area contributed by atoms with Gasteiger partial charge in [-0.2, -0.15) is 0 Å². The fourth-order valence-corrected chi connectivity index (χ4v) is 6.82. The largest absolute Gasteiger partial charge is 0.477 e. The Kier molecular flexibility index (Phi) is 29.4. The molecule has 0 aliphatic carbocycles. The quantitative estimate of drug-likeness (QED) is 0.0544. The van der Waals surface area contributed by atoms with Crippen LogP contribution in [0.2, 0.25) is 0 Å². The van der Waals surface area contributed by atoms with Gasteiger partial charge in [-0.1, -0.05) is 168 Å². The van der Waals surface area contributed by atoms with E-state index in [1.807, 2.05) is 0 Å². The lowest BCUT2D eigenvalue weighted by Gasteiger charge is -2.27. The first-order valence-electron chi connectivity index (χ1n) is 19.3. The molecule has 0 saturated carbocycles. The predicted octanol–water partition coefficient (Wildman–Crippen LogP) is 11.1. The molecular formula is C38H72O5S2. The monoisotopic (exact) mass is 672 g/mol. The van der Waals surface area contributed by atoms with Gasteiger partial charge in [0.15, 0.2) is 22.3 Å². The van der Waals surface area contributed by atoms with Crippen molar-refractivity contribution in [2.75, 3.05) is 13.2 Å². The summed E-state index contributed by atoms with van der Waals surface area (Å²) in [6.07, 6.45) is 32.9. The van der Waals surface area contributed by atoms with E-state index in [1.165, 1.54) is 141 Å². The van der Waals surface area contributed by atoms with Gasteiger partial charge in [-0.05, 0) is 37.3 Å². The number of hydrogen-bond donors (Lipinski definition) is 2. The lowest BCUT2D eigenvalue weighted by Crippen LogP contribution is -2.44. The van der Waals surface area contributed by atoms with Crippen molar-refractivity contribution in [2.24, 2.45) is 0 Å². The fourth-order valence-electron chi connectivity index (χ4n) is 6.30. The Labute approximate surface area is 289 Å². The zero-order valence-electron chi connectivity index (χ0n) is 29.5. The van der Waals surface area contributed by atoms with Gasteiger partial charge in [0.05, 0.1) is 13.2 Å². The Bertz CT molecular complexity index is 691. The second-order valence-electron chi connectivity index (χ2n) is 13.5. The summed E-state index contributed by atoms with van der Waals surface area (Å²) < 4.78 is 18.0. The molecule has 4 atom stereocenters. The summed E-state index contributed by atoms with van der Waals surface area (Å²) in [5, 5.41) is 21.0. The highest BCUT2D eigenvalue weighted by Crippen LogP contribution is 2.26. The minimum Gasteiger partial charge on any atom is -0.477 e. The Morgan fingerprint density at radius 2 is 0.911 bits per heavy atom. The van der Waals surface area contributed by atoms with Crippen LogP contribution in [0.3, 0.4) is 0 Å². The second-order valence-corrected chi connectivity index (χ2v) is 14.4. The van der Waals surface area contributed by atoms with Crippen molar-refractivity contribution in [3.63, 3.8) is 0 Å². The molecule has 0 aromatic rings. The van der Waals surface area contributed by atoms with Crippen molar-refractivity contribution in [1.82, 2.24) is 0 Å². The molecule has 0 aromatic heterocycles. The number of thiocarbonyl (C=S) groups is 2. The molecule has 7 heteroatoms. The molecule has 1 rings (SSSR count). The normalized spacial score (nSPS) is 18.7. The standard InChI is InChI=1S/C38H72O5S2/c1-3-5-7-9-11-13-15-17-19-21-23-25-27-29-35(44)42-34-32-41-37(33(40)31-39)38(34)43-36(45)30-28-26-24-22-20-18-16-14-12-10-8-6-4-2/h33-34,37-40H,3-32H2,1-2H3/t33-,34+,37-,38-/m1/s1. The molecule has 0 bridgehead atoms. The molecule has 266 valence electrons. The fraction of sp³-hybridized carbons (Fsp3) is 0.947. The Morgan fingerprint density at radius 3 is 1.27 bits per heavy atom. The van der Waals surface area contributed by atoms with E-state index in [1.54, 1.807) is 0 Å². The van der Waals surface area contributed by atoms with Gasteiger partial charge in [0.25, 0.3) is 0 Å². The van der Waals surface area contributed by atoms with Gasteiger partial charge < -0.3 is 24.4 Å². The highest BCUT2D eigenvalue weighted by atomic mass is 32.1. The first kappa shape index (κ1) is 42.7. The number of hydrogen-bond acceptors (Lipinski definition) is 7. The Hall–Kier alpha value is -0.340. The summed E-state index contributed by atoms with van der Waals surface area (Å²) in [5.74, 6) is 0.